The minimum Gasteiger partial charge on any atom is -0.441 e. The van der Waals surface area contributed by atoms with E-state index in [-0.39, 0.29) is 12.1 Å². The molecule has 0 radical (unpaired) electrons. The Morgan fingerprint density at radius 2 is 2.45 bits per heavy atom. The van der Waals surface area contributed by atoms with Crippen molar-refractivity contribution in [2.24, 2.45) is 0 Å². The Balaban J connectivity index is 2.81. The molecule has 0 bridgehead atoms. The van der Waals surface area contributed by atoms with Crippen molar-refractivity contribution in [3.8, 4) is 0 Å². The van der Waals surface area contributed by atoms with Crippen molar-refractivity contribution < 1.29 is 9.53 Å². The monoisotopic (exact) mass is 153 g/mol. The first-order valence-corrected chi connectivity index (χ1v) is 3.42. The number of rotatable bonds is 1. The summed E-state index contributed by atoms with van der Waals surface area (Å²) in [6.07, 6.45) is 1.30. The number of nitrogens with one attached hydrogen (secondary N) is 1. The van der Waals surface area contributed by atoms with Crippen LogP contribution in [0.25, 0.3) is 0 Å². The van der Waals surface area contributed by atoms with Crippen molar-refractivity contribution in [2.45, 2.75) is 25.5 Å². The fourth-order valence-electron chi connectivity index (χ4n) is 0.993. The lowest BCUT2D eigenvalue weighted by atomic mass is 10.0. The molecule has 1 heterocycles. The van der Waals surface area contributed by atoms with Crippen LogP contribution in [0.5, 0.6) is 0 Å². The summed E-state index contributed by atoms with van der Waals surface area (Å²) in [5.74, 6) is 0. The lowest BCUT2D eigenvalue weighted by Gasteiger charge is -2.19. The van der Waals surface area contributed by atoms with E-state index in [1.165, 1.54) is 0 Å². The lowest BCUT2D eigenvalue weighted by Crippen LogP contribution is -2.36. The van der Waals surface area contributed by atoms with Crippen molar-refractivity contribution in [2.75, 3.05) is 0 Å². The second kappa shape index (κ2) is 2.44. The molecule has 0 spiro atoms. The molecule has 11 heavy (non-hydrogen) atoms. The first-order valence-electron chi connectivity index (χ1n) is 3.42. The van der Waals surface area contributed by atoms with E-state index in [4.69, 9.17) is 4.74 Å². The van der Waals surface area contributed by atoms with Crippen LogP contribution in [0.15, 0.2) is 18.4 Å². The van der Waals surface area contributed by atoms with Crippen LogP contribution in [0, 0.1) is 0 Å². The highest BCUT2D eigenvalue weighted by Gasteiger charge is 2.39. The molecule has 1 fully saturated rings. The molecule has 1 N–H and O–H groups in total. The third-order valence-corrected chi connectivity index (χ3v) is 1.66. The van der Waals surface area contributed by atoms with Gasteiger partial charge in [0, 0.05) is 0 Å². The normalized spacial score (nSPS) is 26.7. The van der Waals surface area contributed by atoms with Crippen LogP contribution in [-0.4, -0.2) is 17.7 Å². The van der Waals surface area contributed by atoms with Crippen molar-refractivity contribution >= 4 is 6.09 Å². The second-order valence-electron chi connectivity index (χ2n) is 2.99. The zero-order valence-electron chi connectivity index (χ0n) is 6.68. The first kappa shape index (κ1) is 7.89. The highest BCUT2D eigenvalue weighted by molar-refractivity contribution is 5.71. The van der Waals surface area contributed by atoms with Crippen LogP contribution >= 0.6 is 0 Å². The summed E-state index contributed by atoms with van der Waals surface area (Å²) in [5, 5.41) is 2.63. The Bertz CT molecular complexity index is 226. The van der Waals surface area contributed by atoms with Crippen molar-refractivity contribution in [1.29, 1.82) is 0 Å². The lowest BCUT2D eigenvalue weighted by molar-refractivity contribution is 0.0765. The number of carbonyl (C=O) groups excluding carboxylic acids is 1. The van der Waals surface area contributed by atoms with E-state index in [2.05, 4.69) is 17.6 Å². The number of hydrogen-bond acceptors (Lipinski definition) is 2. The summed E-state index contributed by atoms with van der Waals surface area (Å²) in [7, 11) is 0. The molecule has 1 amide bonds. The van der Waals surface area contributed by atoms with Gasteiger partial charge in [0.1, 0.15) is 5.60 Å². The van der Waals surface area contributed by atoms with Crippen molar-refractivity contribution in [1.82, 2.24) is 5.32 Å². The molecule has 60 valence electrons. The maximum Gasteiger partial charge on any atom is 0.408 e. The van der Waals surface area contributed by atoms with Gasteiger partial charge < -0.3 is 10.1 Å². The number of amides is 1. The summed E-state index contributed by atoms with van der Waals surface area (Å²) < 4.78 is 4.96. The summed E-state index contributed by atoms with van der Waals surface area (Å²) in [6, 6.07) is -0.118. The van der Waals surface area contributed by atoms with Gasteiger partial charge in [0.05, 0.1) is 6.04 Å². The van der Waals surface area contributed by atoms with E-state index in [0.29, 0.717) is 0 Å². The van der Waals surface area contributed by atoms with Gasteiger partial charge in [-0.3, -0.25) is 0 Å². The maximum absolute atomic E-state index is 10.7. The average molecular weight is 153 g/mol. The number of alkyl carbamates (subject to hydrolysis) is 1. The van der Waals surface area contributed by atoms with E-state index >= 15 is 0 Å². The Labute approximate surface area is 65.7 Å². The summed E-state index contributed by atoms with van der Waals surface area (Å²) >= 11 is 0. The van der Waals surface area contributed by atoms with E-state index < -0.39 is 5.60 Å². The Morgan fingerprint density at radius 3 is 2.82 bits per heavy atom. The molecule has 1 atom stereocenters. The van der Waals surface area contributed by atoms with Gasteiger partial charge >= 0.3 is 6.09 Å². The second-order valence-corrected chi connectivity index (χ2v) is 2.99. The Kier molecular flexibility index (Phi) is 1.75. The van der Waals surface area contributed by atoms with Crippen LogP contribution in [-0.2, 0) is 4.74 Å². The third kappa shape index (κ3) is 1.44. The topological polar surface area (TPSA) is 38.3 Å². The van der Waals surface area contributed by atoms with Gasteiger partial charge in [0.2, 0.25) is 0 Å². The van der Waals surface area contributed by atoms with Gasteiger partial charge in [-0.2, -0.15) is 0 Å². The van der Waals surface area contributed by atoms with Crippen molar-refractivity contribution in [3.63, 3.8) is 0 Å². The Hall–Kier alpha value is -1.21. The zero-order chi connectivity index (χ0) is 8.48. The van der Waals surface area contributed by atoms with Crippen LogP contribution < -0.4 is 5.32 Å². The fourth-order valence-corrected chi connectivity index (χ4v) is 0.993. The number of hydrogen-bond donors (Lipinski definition) is 1. The molecule has 0 aliphatic carbocycles. The molecular formula is C8H11NO2. The molecule has 1 rings (SSSR count). The maximum atomic E-state index is 10.7. The van der Waals surface area contributed by atoms with E-state index in [0.717, 1.165) is 0 Å². The molecule has 1 unspecified atom stereocenters. The number of cyclic esters (lactones) is 1. The third-order valence-electron chi connectivity index (χ3n) is 1.66. The van der Waals surface area contributed by atoms with E-state index in [1.807, 2.05) is 13.8 Å². The van der Waals surface area contributed by atoms with E-state index in [1.54, 1.807) is 6.08 Å². The Morgan fingerprint density at radius 1 is 1.82 bits per heavy atom. The average Bonchev–Trinajstić information content (AvgIpc) is 2.07. The van der Waals surface area contributed by atoms with Crippen LogP contribution in [0.1, 0.15) is 13.8 Å². The van der Waals surface area contributed by atoms with Crippen LogP contribution in [0.3, 0.4) is 0 Å². The smallest absolute Gasteiger partial charge is 0.408 e. The van der Waals surface area contributed by atoms with Gasteiger partial charge in [-0.15, -0.1) is 5.73 Å². The van der Waals surface area contributed by atoms with Gasteiger partial charge in [0.15, 0.2) is 0 Å². The van der Waals surface area contributed by atoms with Gasteiger partial charge in [-0.25, -0.2) is 4.79 Å². The molecule has 0 aromatic heterocycles. The van der Waals surface area contributed by atoms with Crippen LogP contribution in [0.4, 0.5) is 4.79 Å². The van der Waals surface area contributed by atoms with Gasteiger partial charge in [-0.05, 0) is 19.9 Å². The minimum atomic E-state index is -0.484. The largest absolute Gasteiger partial charge is 0.441 e. The molecule has 0 aromatic rings. The molecule has 1 aliphatic rings. The molecular weight excluding hydrogens is 142 g/mol. The van der Waals surface area contributed by atoms with Gasteiger partial charge in [0.25, 0.3) is 0 Å². The predicted molar refractivity (Wildman–Crippen MR) is 41.2 cm³/mol. The summed E-state index contributed by atoms with van der Waals surface area (Å²) in [6.45, 7) is 7.10. The van der Waals surface area contributed by atoms with E-state index in [9.17, 15) is 4.79 Å². The molecule has 1 aliphatic heterocycles. The standard InChI is InChI=1S/C8H11NO2/c1-4-5-6-8(2,3)11-7(10)9-6/h5-6H,1H2,2-3H3,(H,9,10). The molecule has 0 aromatic carbocycles. The first-order chi connectivity index (χ1) is 5.06. The summed E-state index contributed by atoms with van der Waals surface area (Å²) in [4.78, 5) is 10.7. The predicted octanol–water partition coefficient (Wildman–Crippen LogP) is 1.21. The van der Waals surface area contributed by atoms with Crippen molar-refractivity contribution in [3.05, 3.63) is 18.4 Å². The molecule has 0 saturated carbocycles. The summed E-state index contributed by atoms with van der Waals surface area (Å²) in [5.41, 5.74) is 2.13. The minimum absolute atomic E-state index is 0.118. The molecule has 1 saturated heterocycles. The highest BCUT2D eigenvalue weighted by Crippen LogP contribution is 2.21. The molecule has 3 heteroatoms. The SMILES string of the molecule is C=C=CC1NC(=O)OC1(C)C. The number of carbonyl (C=O) groups is 1. The fraction of sp³-hybridized carbons (Fsp3) is 0.500. The van der Waals surface area contributed by atoms with Gasteiger partial charge in [-0.1, -0.05) is 6.58 Å². The number of ether oxygens (including phenoxy) is 1. The zero-order valence-corrected chi connectivity index (χ0v) is 6.68. The molecule has 3 nitrogen and oxygen atoms in total. The van der Waals surface area contributed by atoms with Crippen LogP contribution in [0.2, 0.25) is 0 Å². The quantitative estimate of drug-likeness (QED) is 0.575. The highest BCUT2D eigenvalue weighted by atomic mass is 16.6.